The summed E-state index contributed by atoms with van der Waals surface area (Å²) in [6, 6.07) is 11.0. The van der Waals surface area contributed by atoms with Crippen LogP contribution in [0.4, 0.5) is 28.8 Å². The Bertz CT molecular complexity index is 1700. The summed E-state index contributed by atoms with van der Waals surface area (Å²) in [4.78, 5) is 65.7. The molecule has 0 amide bonds. The fourth-order valence-electron chi connectivity index (χ4n) is 4.36. The molecule has 0 aliphatic rings. The Hall–Kier alpha value is -4.12. The minimum Gasteiger partial charge on any atom is -0.490 e. The minimum atomic E-state index is -1.96. The fourth-order valence-corrected chi connectivity index (χ4v) is 10.2. The van der Waals surface area contributed by atoms with Crippen LogP contribution in [-0.2, 0) is 50.2 Å². The van der Waals surface area contributed by atoms with Crippen LogP contribution in [0.15, 0.2) is 36.9 Å². The number of allylic oxidation sites excluding steroid dienone is 1. The van der Waals surface area contributed by atoms with Crippen molar-refractivity contribution in [3.8, 4) is 5.75 Å². The van der Waals surface area contributed by atoms with E-state index in [1.54, 1.807) is 39.8 Å². The number of methoxy groups -OCH3 is 1. The number of carbonyl (C=O) groups is 6. The first kappa shape index (κ1) is 76.8. The van der Waals surface area contributed by atoms with E-state index in [0.717, 1.165) is 29.7 Å². The number of hydrogen-bond acceptors (Lipinski definition) is 18. The summed E-state index contributed by atoms with van der Waals surface area (Å²) in [6.07, 6.45) is -1.65. The van der Waals surface area contributed by atoms with Gasteiger partial charge in [-0.15, -0.1) is 6.58 Å². The molecule has 18 nitrogen and oxygen atoms in total. The highest BCUT2D eigenvalue weighted by Gasteiger charge is 2.33. The number of aryl methyl sites for hydroxylation is 1. The van der Waals surface area contributed by atoms with E-state index in [1.165, 1.54) is 7.11 Å². The standard InChI is InChI=1S/C11H16O3Si.C10H20O3Si.C9H20O3Si.C7H16O3Si.C6H14O3Si.C5H12O3Si/c1-9-7-5-6-8-10(9)13-11(12)14-15(2,3)4;1-7-8-14(5,6)13-9(11)12-10(2,3)4;1-5-11-9(10)12-13(6-2,7-3)8-4;1-6(2)9-7(8)10-11(3,4)5;1-5-8-6(7)9-10(2,3)4;1-7-5(6)8-9(2,3)4/h5-8H,1-4H3;7H,1,8H2,2-6H3;5-8H2,1-4H3;6H,1-5H3;5H2,1-4H3;1-4H3. The van der Waals surface area contributed by atoms with Gasteiger partial charge in [0, 0.05) is 0 Å². The second-order valence-corrected chi connectivity index (χ2v) is 47.9. The summed E-state index contributed by atoms with van der Waals surface area (Å²) in [5.74, 6) is 0.556. The first-order valence-electron chi connectivity index (χ1n) is 24.3. The van der Waals surface area contributed by atoms with Crippen LogP contribution in [0.1, 0.15) is 74.8 Å². The minimum absolute atomic E-state index is 0.0983. The first-order valence-corrected chi connectivity index (χ1v) is 43.6. The van der Waals surface area contributed by atoms with Crippen molar-refractivity contribution < 1.29 is 83.7 Å². The molecule has 1 aromatic rings. The average Bonchev–Trinajstić information content (AvgIpc) is 3.15. The van der Waals surface area contributed by atoms with Crippen LogP contribution in [0.5, 0.6) is 5.75 Å². The Morgan fingerprint density at radius 2 is 0.931 bits per heavy atom. The van der Waals surface area contributed by atoms with Gasteiger partial charge < -0.3 is 55.0 Å². The molecule has 422 valence electrons. The predicted molar refractivity (Wildman–Crippen MR) is 301 cm³/mol. The fraction of sp³-hybridized carbons (Fsp3) is 0.708. The molecule has 0 bridgehead atoms. The summed E-state index contributed by atoms with van der Waals surface area (Å²) < 4.78 is 59.3. The normalized spacial score (nSPS) is 11.2. The average molecular weight is 1130 g/mol. The molecule has 1 rings (SSSR count). The van der Waals surface area contributed by atoms with E-state index in [2.05, 4.69) is 36.8 Å². The molecule has 1 aromatic carbocycles. The Kier molecular flexibility index (Phi) is 40.1. The van der Waals surface area contributed by atoms with Crippen molar-refractivity contribution in [1.29, 1.82) is 0 Å². The molecule has 0 fully saturated rings. The van der Waals surface area contributed by atoms with Crippen molar-refractivity contribution in [2.24, 2.45) is 0 Å². The van der Waals surface area contributed by atoms with Crippen LogP contribution in [0, 0.1) is 6.92 Å². The van der Waals surface area contributed by atoms with Gasteiger partial charge in [-0.2, -0.15) is 0 Å². The van der Waals surface area contributed by atoms with Crippen molar-refractivity contribution >= 4 is 86.8 Å². The van der Waals surface area contributed by atoms with Crippen LogP contribution < -0.4 is 4.74 Å². The molecule has 24 heteroatoms. The summed E-state index contributed by atoms with van der Waals surface area (Å²) in [6.45, 7) is 52.2. The van der Waals surface area contributed by atoms with Crippen LogP contribution >= 0.6 is 0 Å². The van der Waals surface area contributed by atoms with Crippen molar-refractivity contribution in [3.05, 3.63) is 42.5 Å². The lowest BCUT2D eigenvalue weighted by atomic mass is 10.2. The first-order chi connectivity index (χ1) is 32.4. The quantitative estimate of drug-likeness (QED) is 0.0525. The highest BCUT2D eigenvalue weighted by Crippen LogP contribution is 2.22. The molecule has 0 saturated carbocycles. The molecule has 0 heterocycles. The van der Waals surface area contributed by atoms with Crippen LogP contribution in [0.2, 0.25) is 116 Å². The van der Waals surface area contributed by atoms with Gasteiger partial charge in [0.05, 0.1) is 26.4 Å². The summed E-state index contributed by atoms with van der Waals surface area (Å²) in [7, 11) is -9.52. The molecular weight excluding hydrogens is 1030 g/mol. The van der Waals surface area contributed by atoms with Crippen molar-refractivity contribution in [2.45, 2.75) is 204 Å². The Labute approximate surface area is 440 Å². The van der Waals surface area contributed by atoms with E-state index in [4.69, 9.17) is 45.5 Å². The van der Waals surface area contributed by atoms with Crippen molar-refractivity contribution in [2.75, 3.05) is 20.3 Å². The van der Waals surface area contributed by atoms with Crippen molar-refractivity contribution in [1.82, 2.24) is 0 Å². The SMILES string of the molecule is C=CC[Si](C)(C)OC(=O)OC(C)(C)C.CC(C)OC(=O)O[Si](C)(C)C.CCOC(=O)O[Si](C)(C)C.CCOC(=O)O[Si](CC)(CC)CC.COC(=O)O[Si](C)(C)C.Cc1ccccc1OC(=O)O[Si](C)(C)C. The van der Waals surface area contributed by atoms with Gasteiger partial charge in [0.1, 0.15) is 11.4 Å². The van der Waals surface area contributed by atoms with E-state index in [1.807, 2.05) is 138 Å². The Morgan fingerprint density at radius 3 is 1.25 bits per heavy atom. The molecule has 0 spiro atoms. The molecule has 0 aliphatic carbocycles. The largest absolute Gasteiger partial charge is 0.499 e. The number of benzene rings is 1. The van der Waals surface area contributed by atoms with Gasteiger partial charge in [-0.25, -0.2) is 28.8 Å². The molecular formula is C48H98O18Si6. The van der Waals surface area contributed by atoms with Gasteiger partial charge in [0.15, 0.2) is 0 Å². The number of hydrogen-bond donors (Lipinski definition) is 0. The molecule has 0 N–H and O–H groups in total. The van der Waals surface area contributed by atoms with Crippen molar-refractivity contribution in [3.63, 3.8) is 0 Å². The third kappa shape index (κ3) is 55.2. The molecule has 0 aliphatic heterocycles. The van der Waals surface area contributed by atoms with Gasteiger partial charge in [-0.3, -0.25) is 0 Å². The van der Waals surface area contributed by atoms with Gasteiger partial charge in [0.25, 0.3) is 49.9 Å². The topological polar surface area (TPSA) is 213 Å². The molecule has 0 radical (unpaired) electrons. The smallest absolute Gasteiger partial charge is 0.490 e. The van der Waals surface area contributed by atoms with E-state index in [-0.39, 0.29) is 6.10 Å². The Balaban J connectivity index is -0.000000252. The second-order valence-electron chi connectivity index (χ2n) is 21.4. The summed E-state index contributed by atoms with van der Waals surface area (Å²) in [5.41, 5.74) is 0.431. The van der Waals surface area contributed by atoms with E-state index >= 15 is 0 Å². The lowest BCUT2D eigenvalue weighted by Gasteiger charge is -2.26. The number of para-hydroxylation sites is 1. The maximum atomic E-state index is 11.4. The highest BCUT2D eigenvalue weighted by molar-refractivity contribution is 6.75. The van der Waals surface area contributed by atoms with Crippen LogP contribution in [0.25, 0.3) is 0 Å². The van der Waals surface area contributed by atoms with Gasteiger partial charge in [0.2, 0.25) is 0 Å². The zero-order chi connectivity index (χ0) is 58.0. The maximum absolute atomic E-state index is 11.4. The lowest BCUT2D eigenvalue weighted by Crippen LogP contribution is -2.38. The van der Waals surface area contributed by atoms with E-state index < -0.39 is 92.4 Å². The van der Waals surface area contributed by atoms with Crippen LogP contribution in [-0.4, -0.2) is 119 Å². The highest BCUT2D eigenvalue weighted by atomic mass is 28.4. The van der Waals surface area contributed by atoms with Crippen LogP contribution in [0.3, 0.4) is 0 Å². The molecule has 0 atom stereocenters. The number of rotatable bonds is 15. The summed E-state index contributed by atoms with van der Waals surface area (Å²) in [5, 5.41) is 0. The summed E-state index contributed by atoms with van der Waals surface area (Å²) >= 11 is 0. The number of ether oxygens (including phenoxy) is 6. The Morgan fingerprint density at radius 1 is 0.556 bits per heavy atom. The van der Waals surface area contributed by atoms with Gasteiger partial charge in [-0.1, -0.05) is 45.0 Å². The molecule has 0 unspecified atom stereocenters. The molecule has 72 heavy (non-hydrogen) atoms. The second kappa shape index (κ2) is 37.6. The number of carbonyl (C=O) groups excluding carboxylic acids is 6. The zero-order valence-electron chi connectivity index (χ0n) is 49.3. The third-order valence-corrected chi connectivity index (χ3v) is 17.1. The van der Waals surface area contributed by atoms with E-state index in [9.17, 15) is 28.8 Å². The van der Waals surface area contributed by atoms with Gasteiger partial charge >= 0.3 is 36.9 Å². The monoisotopic (exact) mass is 1130 g/mol. The maximum Gasteiger partial charge on any atom is 0.499 e. The van der Waals surface area contributed by atoms with E-state index in [0.29, 0.717) is 19.0 Å². The lowest BCUT2D eigenvalue weighted by molar-refractivity contribution is 0.0188. The zero-order valence-corrected chi connectivity index (χ0v) is 55.3. The van der Waals surface area contributed by atoms with Gasteiger partial charge in [-0.05, 0) is 183 Å². The molecule has 0 saturated heterocycles. The molecule has 0 aromatic heterocycles. The third-order valence-electron chi connectivity index (χ3n) is 7.49. The predicted octanol–water partition coefficient (Wildman–Crippen LogP) is 15.8.